The van der Waals surface area contributed by atoms with E-state index in [0.29, 0.717) is 40.2 Å². The molecule has 5 nitrogen and oxygen atoms in total. The molecule has 69 heavy (non-hydrogen) atoms. The first kappa shape index (κ1) is 66.5. The first-order chi connectivity index (χ1) is 30.5. The van der Waals surface area contributed by atoms with Crippen molar-refractivity contribution in [1.29, 1.82) is 0 Å². The maximum atomic E-state index is 12.1. The fourth-order valence-corrected chi connectivity index (χ4v) is 13.0. The van der Waals surface area contributed by atoms with E-state index in [-0.39, 0.29) is 62.8 Å². The van der Waals surface area contributed by atoms with Gasteiger partial charge in [0, 0.05) is 12.3 Å². The molecule has 5 rings (SSSR count). The quantitative estimate of drug-likeness (QED) is 0.242. The Morgan fingerprint density at radius 3 is 0.768 bits per heavy atom. The molecule has 0 aromatic carbocycles. The number of ether oxygens (including phenoxy) is 4. The fraction of sp³-hybridized carbons (Fsp3) is 0.984. The minimum atomic E-state index is 0.120. The highest BCUT2D eigenvalue weighted by atomic mass is 16.7. The molecule has 2 saturated heterocycles. The van der Waals surface area contributed by atoms with E-state index in [0.717, 1.165) is 49.7 Å². The Bertz CT molecular complexity index is 1300. The minimum Gasteiger partial charge on any atom is -0.373 e. The maximum Gasteiger partial charge on any atom is 0.147 e. The summed E-state index contributed by atoms with van der Waals surface area (Å²) in [5.41, 5.74) is 3.02. The molecule has 0 amide bonds. The third kappa shape index (κ3) is 21.7. The van der Waals surface area contributed by atoms with Gasteiger partial charge in [0.2, 0.25) is 0 Å². The van der Waals surface area contributed by atoms with Crippen LogP contribution in [0, 0.1) is 89.7 Å². The van der Waals surface area contributed by atoms with Crippen LogP contribution >= 0.6 is 0 Å². The normalized spacial score (nSPS) is 30.4. The molecule has 412 valence electrons. The molecule has 10 unspecified atom stereocenters. The van der Waals surface area contributed by atoms with Crippen LogP contribution in [-0.2, 0) is 23.7 Å². The summed E-state index contributed by atoms with van der Waals surface area (Å²) >= 11 is 0. The Kier molecular flexibility index (Phi) is 24.0. The smallest absolute Gasteiger partial charge is 0.147 e. The fourth-order valence-electron chi connectivity index (χ4n) is 13.0. The number of carbonyl (C=O) groups is 1. The van der Waals surface area contributed by atoms with E-state index in [4.69, 9.17) is 18.9 Å². The van der Waals surface area contributed by atoms with E-state index in [1.807, 2.05) is 0 Å². The number of Topliss-reactive ketones (excluding diaryl/α,β-unsaturated/α-hetero) is 1. The van der Waals surface area contributed by atoms with Crippen LogP contribution in [-0.4, -0.2) is 50.2 Å². The summed E-state index contributed by atoms with van der Waals surface area (Å²) in [5.74, 6) is 5.03. The molecule has 5 fully saturated rings. The van der Waals surface area contributed by atoms with Gasteiger partial charge in [-0.05, 0) is 122 Å². The predicted octanol–water partition coefficient (Wildman–Crippen LogP) is 19.1. The number of ketones is 1. The minimum absolute atomic E-state index is 0.120. The average Bonchev–Trinajstić information content (AvgIpc) is 3.86. The molecule has 3 aliphatic carbocycles. The molecule has 0 bridgehead atoms. The van der Waals surface area contributed by atoms with Gasteiger partial charge in [0.15, 0.2) is 0 Å². The zero-order chi connectivity index (χ0) is 54.4. The highest BCUT2D eigenvalue weighted by Gasteiger charge is 2.47. The summed E-state index contributed by atoms with van der Waals surface area (Å²) in [6.45, 7) is 70.8. The van der Waals surface area contributed by atoms with Gasteiger partial charge in [-0.2, -0.15) is 0 Å². The van der Waals surface area contributed by atoms with Crippen molar-refractivity contribution in [2.75, 3.05) is 20.0 Å². The largest absolute Gasteiger partial charge is 0.373 e. The van der Waals surface area contributed by atoms with Crippen molar-refractivity contribution >= 4 is 5.78 Å². The first-order valence-electron chi connectivity index (χ1n) is 28.5. The van der Waals surface area contributed by atoms with Gasteiger partial charge in [-0.1, -0.05) is 227 Å². The first-order valence-corrected chi connectivity index (χ1v) is 28.5. The number of hydrogen-bond donors (Lipinski definition) is 0. The van der Waals surface area contributed by atoms with E-state index in [2.05, 4.69) is 208 Å². The Morgan fingerprint density at radius 1 is 0.290 bits per heavy atom. The van der Waals surface area contributed by atoms with Gasteiger partial charge in [-0.25, -0.2) is 0 Å². The van der Waals surface area contributed by atoms with Crippen LogP contribution in [0.5, 0.6) is 0 Å². The predicted molar refractivity (Wildman–Crippen MR) is 301 cm³/mol. The van der Waals surface area contributed by atoms with Crippen molar-refractivity contribution in [1.82, 2.24) is 0 Å². The third-order valence-corrected chi connectivity index (χ3v) is 16.6. The molecule has 5 aliphatic rings. The van der Waals surface area contributed by atoms with Crippen LogP contribution in [0.25, 0.3) is 0 Å². The molecular weight excluding hydrogens is 849 g/mol. The molecule has 0 radical (unpaired) electrons. The van der Waals surface area contributed by atoms with E-state index < -0.39 is 0 Å². The number of carbonyl (C=O) groups excluding carboxylic acids is 1. The molecule has 0 aromatic rings. The van der Waals surface area contributed by atoms with E-state index in [1.54, 1.807) is 0 Å². The van der Waals surface area contributed by atoms with Crippen LogP contribution in [0.2, 0.25) is 0 Å². The van der Waals surface area contributed by atoms with E-state index in [9.17, 15) is 4.79 Å². The molecule has 0 spiro atoms. The average molecular weight is 976 g/mol. The maximum absolute atomic E-state index is 12.1. The zero-order valence-corrected chi connectivity index (χ0v) is 52.5. The van der Waals surface area contributed by atoms with Gasteiger partial charge >= 0.3 is 0 Å². The van der Waals surface area contributed by atoms with Crippen LogP contribution in [0.1, 0.15) is 272 Å². The van der Waals surface area contributed by atoms with E-state index in [1.165, 1.54) is 51.4 Å². The summed E-state index contributed by atoms with van der Waals surface area (Å²) in [6, 6.07) is 0. The third-order valence-electron chi connectivity index (χ3n) is 16.6. The number of hydrogen-bond acceptors (Lipinski definition) is 5. The lowest BCUT2D eigenvalue weighted by atomic mass is 9.58. The van der Waals surface area contributed by atoms with Crippen molar-refractivity contribution in [2.24, 2.45) is 89.7 Å². The highest BCUT2D eigenvalue weighted by Crippen LogP contribution is 2.52. The van der Waals surface area contributed by atoms with E-state index >= 15 is 0 Å². The van der Waals surface area contributed by atoms with Crippen LogP contribution in [0.3, 0.4) is 0 Å². The summed E-state index contributed by atoms with van der Waals surface area (Å²) < 4.78 is 23.0. The Morgan fingerprint density at radius 2 is 0.536 bits per heavy atom. The second-order valence-corrected chi connectivity index (χ2v) is 33.6. The second kappa shape index (κ2) is 24.9. The second-order valence-electron chi connectivity index (χ2n) is 33.6. The lowest BCUT2D eigenvalue weighted by Crippen LogP contribution is -2.52. The van der Waals surface area contributed by atoms with Gasteiger partial charge in [-0.3, -0.25) is 4.79 Å². The summed E-state index contributed by atoms with van der Waals surface area (Å²) in [5, 5.41) is 0. The Hall–Kier alpha value is -0.490. The Labute approximate surface area is 433 Å². The molecule has 2 heterocycles. The van der Waals surface area contributed by atoms with Crippen molar-refractivity contribution in [3.63, 3.8) is 0 Å². The van der Waals surface area contributed by atoms with Gasteiger partial charge in [0.05, 0.1) is 37.6 Å². The lowest BCUT2D eigenvalue weighted by Gasteiger charge is -2.46. The molecule has 2 aliphatic heterocycles. The molecule has 3 saturated carbocycles. The van der Waals surface area contributed by atoms with Gasteiger partial charge in [0.25, 0.3) is 0 Å². The van der Waals surface area contributed by atoms with Crippen molar-refractivity contribution in [2.45, 2.75) is 296 Å². The van der Waals surface area contributed by atoms with Gasteiger partial charge in [0.1, 0.15) is 12.6 Å². The summed E-state index contributed by atoms with van der Waals surface area (Å²) in [4.78, 5) is 12.1. The summed E-state index contributed by atoms with van der Waals surface area (Å²) in [7, 11) is 0. The Balaban J connectivity index is 0.000000432. The SMILES string of the molecule is CC(C)(C)C1CCCC(=O)C1C(C)(C)C.CC(C)(C)C1CCCC1C(C)(C)C.CC(C)(C)C1CCCCC1C(C)(C)C.CC(C)(C)C1OCCOC1C(C)(C)C.CC(C)(C)C1OCOC1C(C)(C)C. The molecule has 0 N–H and O–H groups in total. The topological polar surface area (TPSA) is 54.0 Å². The van der Waals surface area contributed by atoms with Crippen LogP contribution in [0.15, 0.2) is 0 Å². The monoisotopic (exact) mass is 975 g/mol. The molecule has 5 heteroatoms. The number of rotatable bonds is 0. The van der Waals surface area contributed by atoms with Crippen molar-refractivity contribution in [3.8, 4) is 0 Å². The van der Waals surface area contributed by atoms with Crippen LogP contribution in [0.4, 0.5) is 0 Å². The lowest BCUT2D eigenvalue weighted by molar-refractivity contribution is -0.204. The summed E-state index contributed by atoms with van der Waals surface area (Å²) in [6.07, 6.45) is 14.1. The molecule has 0 aromatic heterocycles. The van der Waals surface area contributed by atoms with Crippen LogP contribution < -0.4 is 0 Å². The van der Waals surface area contributed by atoms with Gasteiger partial charge < -0.3 is 18.9 Å². The van der Waals surface area contributed by atoms with Gasteiger partial charge in [-0.15, -0.1) is 0 Å². The van der Waals surface area contributed by atoms with Crippen molar-refractivity contribution in [3.05, 3.63) is 0 Å². The molecular formula is C64H126O5. The standard InChI is InChI=1S/C14H26O.C14H28.C13H26.C12H24O2.C11H22O2/c1-13(2,3)10-8-7-9-11(15)12(10)14(4,5)6;1-13(2,3)11-9-7-8-10-12(11)14(4,5)6;1-12(2,3)10-8-7-9-11(10)13(4,5)6;1-11(2,3)9-10(12(4,5)6)14-8-7-13-9;1-10(2,3)8-9(11(4,5)6)13-7-12-8/h10,12H,7-9H2,1-6H3;11-12H,7-10H2,1-6H3;10-11H,7-9H2,1-6H3;9-10H,7-8H2,1-6H3;8-9H,7H2,1-6H3. The molecule has 10 atom stereocenters. The van der Waals surface area contributed by atoms with Crippen molar-refractivity contribution < 1.29 is 23.7 Å². The zero-order valence-electron chi connectivity index (χ0n) is 52.5. The highest BCUT2D eigenvalue weighted by molar-refractivity contribution is 5.82.